The van der Waals surface area contributed by atoms with Gasteiger partial charge in [0.15, 0.2) is 5.17 Å². The molecule has 0 fully saturated rings. The number of allylic oxidation sites excluding steroid dienone is 1. The van der Waals surface area contributed by atoms with Gasteiger partial charge >= 0.3 is 0 Å². The Morgan fingerprint density at radius 2 is 2.00 bits per heavy atom. The summed E-state index contributed by atoms with van der Waals surface area (Å²) in [7, 11) is -3.31. The van der Waals surface area contributed by atoms with Crippen LogP contribution in [-0.2, 0) is 16.4 Å². The predicted molar refractivity (Wildman–Crippen MR) is 83.8 cm³/mol. The third-order valence-electron chi connectivity index (χ3n) is 2.99. The molecular formula is C12H10Cl2N2O2S2. The summed E-state index contributed by atoms with van der Waals surface area (Å²) in [5.41, 5.74) is 0.845. The summed E-state index contributed by atoms with van der Waals surface area (Å²) >= 11 is 13.6. The smallest absolute Gasteiger partial charge is 0.257 e. The molecule has 3 rings (SSSR count). The lowest BCUT2D eigenvalue weighted by atomic mass is 10.1. The molecule has 0 N–H and O–H groups in total. The second kappa shape index (κ2) is 5.26. The van der Waals surface area contributed by atoms with E-state index in [1.54, 1.807) is 18.2 Å². The molecule has 8 heteroatoms. The average molecular weight is 349 g/mol. The molecule has 4 nitrogen and oxygen atoms in total. The second-order valence-corrected chi connectivity index (χ2v) is 8.09. The molecule has 0 spiro atoms. The molecule has 0 atom stereocenters. The second-order valence-electron chi connectivity index (χ2n) is 4.43. The van der Waals surface area contributed by atoms with Crippen molar-refractivity contribution in [3.63, 3.8) is 0 Å². The van der Waals surface area contributed by atoms with E-state index in [0.29, 0.717) is 28.2 Å². The number of hydrogen-bond donors (Lipinski definition) is 0. The summed E-state index contributed by atoms with van der Waals surface area (Å²) in [4.78, 5) is 2.84. The molecule has 2 heterocycles. The number of nitrogens with zero attached hydrogens (tertiary/aromatic N) is 2. The standard InChI is InChI=1S/C12H10Cl2N2O2S2/c13-10-2-1-3-11(14)9(10)6-8-7-16-4-5-20(17,18)15-12(16)19-8/h1-3,7H,4-6H2. The molecule has 1 aromatic carbocycles. The first-order chi connectivity index (χ1) is 9.44. The molecule has 0 aromatic heterocycles. The Balaban J connectivity index is 1.85. The molecular weight excluding hydrogens is 339 g/mol. The average Bonchev–Trinajstić information content (AvgIpc) is 2.74. The maximum Gasteiger partial charge on any atom is 0.257 e. The fourth-order valence-electron chi connectivity index (χ4n) is 2.00. The lowest BCUT2D eigenvalue weighted by Gasteiger charge is -2.19. The van der Waals surface area contributed by atoms with E-state index in [1.807, 2.05) is 11.1 Å². The van der Waals surface area contributed by atoms with Crippen molar-refractivity contribution in [3.05, 3.63) is 44.9 Å². The molecule has 2 aliphatic heterocycles. The number of fused-ring (bicyclic) bond motifs is 1. The SMILES string of the molecule is O=S1(=O)CCN2C=C(Cc3c(Cl)cccc3Cl)SC2=N1. The van der Waals surface area contributed by atoms with E-state index in [0.717, 1.165) is 10.5 Å². The maximum atomic E-state index is 11.5. The number of hydrogen-bond acceptors (Lipinski definition) is 4. The van der Waals surface area contributed by atoms with Crippen LogP contribution in [0.3, 0.4) is 0 Å². The van der Waals surface area contributed by atoms with Gasteiger partial charge in [0.05, 0.1) is 5.75 Å². The number of halogens is 2. The Morgan fingerprint density at radius 3 is 2.70 bits per heavy atom. The minimum Gasteiger partial charge on any atom is -0.325 e. The van der Waals surface area contributed by atoms with Gasteiger partial charge in [0.1, 0.15) is 0 Å². The Bertz CT molecular complexity index is 709. The summed E-state index contributed by atoms with van der Waals surface area (Å²) in [6.07, 6.45) is 2.48. The van der Waals surface area contributed by atoms with Gasteiger partial charge in [-0.1, -0.05) is 41.0 Å². The van der Waals surface area contributed by atoms with E-state index >= 15 is 0 Å². The van der Waals surface area contributed by atoms with Crippen LogP contribution in [0, 0.1) is 0 Å². The van der Waals surface area contributed by atoms with E-state index in [1.165, 1.54) is 11.8 Å². The molecule has 2 aliphatic rings. The van der Waals surface area contributed by atoms with Crippen molar-refractivity contribution < 1.29 is 8.42 Å². The van der Waals surface area contributed by atoms with Crippen molar-refractivity contribution in [3.8, 4) is 0 Å². The van der Waals surface area contributed by atoms with Crippen LogP contribution in [-0.4, -0.2) is 30.8 Å². The minimum absolute atomic E-state index is 0.0493. The minimum atomic E-state index is -3.31. The highest BCUT2D eigenvalue weighted by Crippen LogP contribution is 2.36. The van der Waals surface area contributed by atoms with Gasteiger partial charge in [0, 0.05) is 34.1 Å². The Hall–Kier alpha value is -0.690. The first-order valence-corrected chi connectivity index (χ1v) is 9.03. The molecule has 0 unspecified atom stereocenters. The maximum absolute atomic E-state index is 11.5. The van der Waals surface area contributed by atoms with Crippen LogP contribution in [0.15, 0.2) is 33.7 Å². The van der Waals surface area contributed by atoms with Crippen LogP contribution in [0.25, 0.3) is 0 Å². The topological polar surface area (TPSA) is 49.7 Å². The normalized spacial score (nSPS) is 20.4. The lowest BCUT2D eigenvalue weighted by Crippen LogP contribution is -2.31. The van der Waals surface area contributed by atoms with Gasteiger partial charge in [-0.3, -0.25) is 0 Å². The zero-order chi connectivity index (χ0) is 14.3. The zero-order valence-corrected chi connectivity index (χ0v) is 13.4. The van der Waals surface area contributed by atoms with E-state index in [-0.39, 0.29) is 5.75 Å². The van der Waals surface area contributed by atoms with Gasteiger partial charge in [-0.2, -0.15) is 0 Å². The largest absolute Gasteiger partial charge is 0.325 e. The molecule has 0 saturated carbocycles. The molecule has 0 radical (unpaired) electrons. The number of thioether (sulfide) groups is 1. The first kappa shape index (κ1) is 14.3. The molecule has 106 valence electrons. The highest BCUT2D eigenvalue weighted by molar-refractivity contribution is 8.18. The van der Waals surface area contributed by atoms with Crippen molar-refractivity contribution in [2.24, 2.45) is 4.40 Å². The van der Waals surface area contributed by atoms with Crippen molar-refractivity contribution >= 4 is 50.2 Å². The van der Waals surface area contributed by atoms with Crippen molar-refractivity contribution in [2.75, 3.05) is 12.3 Å². The van der Waals surface area contributed by atoms with Gasteiger partial charge in [0.2, 0.25) is 0 Å². The zero-order valence-electron chi connectivity index (χ0n) is 10.2. The van der Waals surface area contributed by atoms with Crippen LogP contribution in [0.1, 0.15) is 5.56 Å². The van der Waals surface area contributed by atoms with Crippen molar-refractivity contribution in [1.82, 2.24) is 4.90 Å². The first-order valence-electron chi connectivity index (χ1n) is 5.85. The van der Waals surface area contributed by atoms with E-state index in [2.05, 4.69) is 4.40 Å². The van der Waals surface area contributed by atoms with Crippen LogP contribution >= 0.6 is 35.0 Å². The molecule has 20 heavy (non-hydrogen) atoms. The van der Waals surface area contributed by atoms with E-state index in [4.69, 9.17) is 23.2 Å². The Kier molecular flexibility index (Phi) is 3.75. The van der Waals surface area contributed by atoms with E-state index in [9.17, 15) is 8.42 Å². The Labute approximate surface area is 131 Å². The molecule has 0 aliphatic carbocycles. The lowest BCUT2D eigenvalue weighted by molar-refractivity contribution is 0.556. The highest BCUT2D eigenvalue weighted by Gasteiger charge is 2.29. The van der Waals surface area contributed by atoms with Gasteiger partial charge in [0.25, 0.3) is 10.0 Å². The summed E-state index contributed by atoms with van der Waals surface area (Å²) < 4.78 is 26.7. The Morgan fingerprint density at radius 1 is 1.30 bits per heavy atom. The quantitative estimate of drug-likeness (QED) is 0.823. The monoisotopic (exact) mass is 348 g/mol. The van der Waals surface area contributed by atoms with Crippen LogP contribution in [0.5, 0.6) is 0 Å². The van der Waals surface area contributed by atoms with Gasteiger partial charge in [-0.05, 0) is 17.7 Å². The summed E-state index contributed by atoms with van der Waals surface area (Å²) in [6, 6.07) is 5.38. The van der Waals surface area contributed by atoms with Crippen LogP contribution < -0.4 is 0 Å². The van der Waals surface area contributed by atoms with E-state index < -0.39 is 10.0 Å². The third kappa shape index (κ3) is 2.83. The van der Waals surface area contributed by atoms with Crippen LogP contribution in [0.2, 0.25) is 10.0 Å². The number of rotatable bonds is 2. The van der Waals surface area contributed by atoms with Crippen molar-refractivity contribution in [2.45, 2.75) is 6.42 Å². The fraction of sp³-hybridized carbons (Fsp3) is 0.250. The van der Waals surface area contributed by atoms with Crippen LogP contribution in [0.4, 0.5) is 0 Å². The van der Waals surface area contributed by atoms with Crippen molar-refractivity contribution in [1.29, 1.82) is 0 Å². The number of amidine groups is 1. The molecule has 0 bridgehead atoms. The fourth-order valence-corrected chi connectivity index (χ4v) is 4.77. The van der Waals surface area contributed by atoms with Gasteiger partial charge in [-0.15, -0.1) is 4.40 Å². The summed E-state index contributed by atoms with van der Waals surface area (Å²) in [5, 5.41) is 1.73. The predicted octanol–water partition coefficient (Wildman–Crippen LogP) is 3.13. The summed E-state index contributed by atoms with van der Waals surface area (Å²) in [5.74, 6) is 0.0493. The third-order valence-corrected chi connectivity index (χ3v) is 5.98. The summed E-state index contributed by atoms with van der Waals surface area (Å²) in [6.45, 7) is 0.438. The van der Waals surface area contributed by atoms with Gasteiger partial charge < -0.3 is 4.90 Å². The molecule has 1 aromatic rings. The number of benzene rings is 1. The number of sulfonamides is 1. The molecule has 0 amide bonds. The highest BCUT2D eigenvalue weighted by atomic mass is 35.5. The molecule has 0 saturated heterocycles. The van der Waals surface area contributed by atoms with Gasteiger partial charge in [-0.25, -0.2) is 8.42 Å².